The Balaban J connectivity index is 1.78. The minimum Gasteiger partial charge on any atom is -0.493 e. The minimum atomic E-state index is -0.299. The Morgan fingerprint density at radius 1 is 0.968 bits per heavy atom. The number of nitrogens with one attached hydrogen (secondary N) is 1. The van der Waals surface area contributed by atoms with Crippen molar-refractivity contribution in [3.63, 3.8) is 0 Å². The first-order chi connectivity index (χ1) is 15.0. The second kappa shape index (κ2) is 8.35. The molecular weight excluding hydrogens is 396 g/mol. The number of anilines is 1. The monoisotopic (exact) mass is 418 g/mol. The molecule has 0 bridgehead atoms. The molecule has 0 aliphatic rings. The third-order valence-electron chi connectivity index (χ3n) is 4.94. The van der Waals surface area contributed by atoms with E-state index in [0.717, 1.165) is 5.56 Å². The molecule has 0 aliphatic carbocycles. The van der Waals surface area contributed by atoms with Crippen molar-refractivity contribution in [1.82, 2.24) is 14.8 Å². The average molecular weight is 418 g/mol. The van der Waals surface area contributed by atoms with Crippen LogP contribution in [0.4, 0.5) is 5.69 Å². The van der Waals surface area contributed by atoms with Crippen molar-refractivity contribution in [2.45, 2.75) is 0 Å². The van der Waals surface area contributed by atoms with Gasteiger partial charge in [-0.25, -0.2) is 4.98 Å². The lowest BCUT2D eigenvalue weighted by atomic mass is 10.1. The van der Waals surface area contributed by atoms with Crippen molar-refractivity contribution in [3.05, 3.63) is 60.3 Å². The number of rotatable bonds is 6. The third-order valence-corrected chi connectivity index (χ3v) is 4.94. The molecule has 0 saturated heterocycles. The number of amides is 1. The first-order valence-corrected chi connectivity index (χ1v) is 9.55. The van der Waals surface area contributed by atoms with Crippen LogP contribution in [0.25, 0.3) is 22.3 Å². The fraction of sp³-hybridized carbons (Fsp3) is 0.174. The molecule has 0 unspecified atom stereocenters. The summed E-state index contributed by atoms with van der Waals surface area (Å²) in [6.45, 7) is 0. The average Bonchev–Trinajstić information content (AvgIpc) is 3.18. The number of methoxy groups -OCH3 is 3. The van der Waals surface area contributed by atoms with Crippen LogP contribution < -0.4 is 19.5 Å². The van der Waals surface area contributed by atoms with E-state index in [9.17, 15) is 4.79 Å². The summed E-state index contributed by atoms with van der Waals surface area (Å²) in [5.74, 6) is 1.05. The van der Waals surface area contributed by atoms with Crippen LogP contribution in [0, 0.1) is 0 Å². The van der Waals surface area contributed by atoms with Gasteiger partial charge in [-0.15, -0.1) is 0 Å². The zero-order valence-electron chi connectivity index (χ0n) is 17.7. The molecular formula is C23H22N4O4. The smallest absolute Gasteiger partial charge is 0.256 e. The van der Waals surface area contributed by atoms with Gasteiger partial charge in [-0.1, -0.05) is 30.3 Å². The molecule has 8 heteroatoms. The van der Waals surface area contributed by atoms with Crippen LogP contribution in [-0.4, -0.2) is 42.0 Å². The van der Waals surface area contributed by atoms with Crippen LogP contribution in [0.3, 0.4) is 0 Å². The Bertz CT molecular complexity index is 1230. The number of fused-ring (bicyclic) bond motifs is 1. The summed E-state index contributed by atoms with van der Waals surface area (Å²) in [6.07, 6.45) is 1.64. The van der Waals surface area contributed by atoms with Gasteiger partial charge in [0.05, 0.1) is 44.2 Å². The first kappa shape index (κ1) is 20.2. The quantitative estimate of drug-likeness (QED) is 0.511. The van der Waals surface area contributed by atoms with Crippen molar-refractivity contribution in [3.8, 4) is 28.5 Å². The van der Waals surface area contributed by atoms with E-state index in [1.165, 1.54) is 21.3 Å². The summed E-state index contributed by atoms with van der Waals surface area (Å²) < 4.78 is 17.8. The number of carbonyl (C=O) groups excluding carboxylic acids is 1. The van der Waals surface area contributed by atoms with Gasteiger partial charge in [0.25, 0.3) is 5.91 Å². The summed E-state index contributed by atoms with van der Waals surface area (Å²) in [4.78, 5) is 18.0. The summed E-state index contributed by atoms with van der Waals surface area (Å²) >= 11 is 0. The van der Waals surface area contributed by atoms with E-state index in [-0.39, 0.29) is 5.91 Å². The van der Waals surface area contributed by atoms with Gasteiger partial charge >= 0.3 is 0 Å². The van der Waals surface area contributed by atoms with Gasteiger partial charge in [0, 0.05) is 30.4 Å². The molecule has 0 saturated carbocycles. The molecule has 0 atom stereocenters. The standard InChI is InChI=1S/C23H22N4O4/c1-27-22-17(13-24-27)16(12-18(26-22)14-8-6-5-7-9-14)23(28)25-15-10-19(29-2)21(31-4)20(11-15)30-3/h5-13H,1-4H3,(H,25,28). The number of carbonyl (C=O) groups is 1. The highest BCUT2D eigenvalue weighted by molar-refractivity contribution is 6.12. The molecule has 0 spiro atoms. The van der Waals surface area contributed by atoms with E-state index >= 15 is 0 Å². The van der Waals surface area contributed by atoms with Crippen molar-refractivity contribution in [2.24, 2.45) is 7.05 Å². The zero-order valence-corrected chi connectivity index (χ0v) is 17.7. The maximum atomic E-state index is 13.3. The molecule has 4 rings (SSSR count). The zero-order chi connectivity index (χ0) is 22.0. The van der Waals surface area contributed by atoms with Gasteiger partial charge in [0.15, 0.2) is 17.1 Å². The van der Waals surface area contributed by atoms with Crippen LogP contribution in [0.2, 0.25) is 0 Å². The maximum Gasteiger partial charge on any atom is 0.256 e. The second-order valence-corrected chi connectivity index (χ2v) is 6.79. The maximum absolute atomic E-state index is 13.3. The Labute approximate surface area is 179 Å². The largest absolute Gasteiger partial charge is 0.493 e. The number of aromatic nitrogens is 3. The van der Waals surface area contributed by atoms with Crippen LogP contribution in [0.15, 0.2) is 54.7 Å². The number of aryl methyl sites for hydroxylation is 1. The summed E-state index contributed by atoms with van der Waals surface area (Å²) in [5, 5.41) is 7.85. The van der Waals surface area contributed by atoms with Crippen molar-refractivity contribution >= 4 is 22.6 Å². The van der Waals surface area contributed by atoms with E-state index in [1.54, 1.807) is 36.1 Å². The van der Waals surface area contributed by atoms with Gasteiger partial charge in [-0.05, 0) is 6.07 Å². The van der Waals surface area contributed by atoms with Gasteiger partial charge in [0.2, 0.25) is 5.75 Å². The normalized spacial score (nSPS) is 10.7. The van der Waals surface area contributed by atoms with E-state index < -0.39 is 0 Å². The van der Waals surface area contributed by atoms with E-state index in [0.29, 0.717) is 45.2 Å². The molecule has 0 radical (unpaired) electrons. The summed E-state index contributed by atoms with van der Waals surface area (Å²) in [5.41, 5.74) is 3.19. The molecule has 1 amide bonds. The van der Waals surface area contributed by atoms with Crippen LogP contribution in [-0.2, 0) is 7.05 Å². The molecule has 2 heterocycles. The molecule has 31 heavy (non-hydrogen) atoms. The Kier molecular flexibility index (Phi) is 5.44. The Morgan fingerprint density at radius 3 is 2.26 bits per heavy atom. The van der Waals surface area contributed by atoms with Crippen LogP contribution in [0.5, 0.6) is 17.2 Å². The van der Waals surface area contributed by atoms with E-state index in [2.05, 4.69) is 10.4 Å². The van der Waals surface area contributed by atoms with E-state index in [1.807, 2.05) is 30.3 Å². The van der Waals surface area contributed by atoms with Crippen molar-refractivity contribution in [2.75, 3.05) is 26.6 Å². The topological polar surface area (TPSA) is 87.5 Å². The van der Waals surface area contributed by atoms with E-state index in [4.69, 9.17) is 19.2 Å². The highest BCUT2D eigenvalue weighted by Crippen LogP contribution is 2.40. The van der Waals surface area contributed by atoms with Crippen molar-refractivity contribution in [1.29, 1.82) is 0 Å². The molecule has 158 valence electrons. The van der Waals surface area contributed by atoms with Gasteiger partial charge < -0.3 is 19.5 Å². The van der Waals surface area contributed by atoms with Crippen molar-refractivity contribution < 1.29 is 19.0 Å². The number of hydrogen-bond donors (Lipinski definition) is 1. The summed E-state index contributed by atoms with van der Waals surface area (Å²) in [6, 6.07) is 14.8. The van der Waals surface area contributed by atoms with Gasteiger partial charge in [-0.2, -0.15) is 5.10 Å². The molecule has 2 aromatic heterocycles. The number of nitrogens with zero attached hydrogens (tertiary/aromatic N) is 3. The molecule has 4 aromatic rings. The molecule has 0 aliphatic heterocycles. The molecule has 2 aromatic carbocycles. The lowest BCUT2D eigenvalue weighted by Gasteiger charge is -2.15. The third kappa shape index (κ3) is 3.75. The number of hydrogen-bond acceptors (Lipinski definition) is 6. The second-order valence-electron chi connectivity index (χ2n) is 6.79. The fourth-order valence-corrected chi connectivity index (χ4v) is 3.41. The predicted molar refractivity (Wildman–Crippen MR) is 118 cm³/mol. The fourth-order valence-electron chi connectivity index (χ4n) is 3.41. The van der Waals surface area contributed by atoms with Gasteiger partial charge in [0.1, 0.15) is 0 Å². The molecule has 1 N–H and O–H groups in total. The minimum absolute atomic E-state index is 0.299. The predicted octanol–water partition coefficient (Wildman–Crippen LogP) is 3.91. The lowest BCUT2D eigenvalue weighted by Crippen LogP contribution is -2.13. The number of pyridine rings is 1. The van der Waals surface area contributed by atoms with Crippen LogP contribution >= 0.6 is 0 Å². The van der Waals surface area contributed by atoms with Gasteiger partial charge in [-0.3, -0.25) is 9.48 Å². The Hall–Kier alpha value is -4.07. The SMILES string of the molecule is COc1cc(NC(=O)c2cc(-c3ccccc3)nc3c2cnn3C)cc(OC)c1OC. The molecule has 0 fully saturated rings. The number of ether oxygens (including phenoxy) is 3. The van der Waals surface area contributed by atoms with Crippen LogP contribution in [0.1, 0.15) is 10.4 Å². The highest BCUT2D eigenvalue weighted by atomic mass is 16.5. The summed E-state index contributed by atoms with van der Waals surface area (Å²) in [7, 11) is 6.37. The Morgan fingerprint density at radius 2 is 1.65 bits per heavy atom. The number of benzene rings is 2. The highest BCUT2D eigenvalue weighted by Gasteiger charge is 2.19. The lowest BCUT2D eigenvalue weighted by molar-refractivity contribution is 0.102. The molecule has 8 nitrogen and oxygen atoms in total. The first-order valence-electron chi connectivity index (χ1n) is 9.55.